The molecule has 0 bridgehead atoms. The highest BCUT2D eigenvalue weighted by Gasteiger charge is 2.41. The van der Waals surface area contributed by atoms with Crippen LogP contribution >= 0.6 is 11.3 Å². The first-order chi connectivity index (χ1) is 16.5. The summed E-state index contributed by atoms with van der Waals surface area (Å²) in [4.78, 5) is 43.5. The monoisotopic (exact) mass is 521 g/mol. The largest absolute Gasteiger partial charge is 0.536 e. The minimum atomic E-state index is -3.84. The lowest BCUT2D eigenvalue weighted by atomic mass is 9.64. The number of nitrogens with two attached hydrogens (primary N) is 1. The van der Waals surface area contributed by atoms with E-state index in [0.717, 1.165) is 28.7 Å². The molecule has 2 aliphatic rings. The molecule has 2 aliphatic heterocycles. The van der Waals surface area contributed by atoms with Crippen LogP contribution in [0, 0.1) is 6.92 Å². The Hall–Kier alpha value is -3.17. The molecule has 1 saturated heterocycles. The van der Waals surface area contributed by atoms with Crippen molar-refractivity contribution in [3.8, 4) is 5.75 Å². The third kappa shape index (κ3) is 5.11. The summed E-state index contributed by atoms with van der Waals surface area (Å²) < 4.78 is 29.8. The smallest absolute Gasteiger partial charge is 0.526 e. The summed E-state index contributed by atoms with van der Waals surface area (Å²) in [6, 6.07) is 2.38. The molecule has 1 unspecified atom stereocenters. The van der Waals surface area contributed by atoms with Gasteiger partial charge in [0, 0.05) is 17.6 Å². The van der Waals surface area contributed by atoms with Crippen LogP contribution in [0.25, 0.3) is 0 Å². The van der Waals surface area contributed by atoms with Gasteiger partial charge < -0.3 is 20.7 Å². The summed E-state index contributed by atoms with van der Waals surface area (Å²) >= 11 is 1.07. The zero-order valence-corrected chi connectivity index (χ0v) is 20.6. The average molecular weight is 521 g/mol. The van der Waals surface area contributed by atoms with Crippen molar-refractivity contribution >= 4 is 51.5 Å². The minimum absolute atomic E-state index is 0.152. The van der Waals surface area contributed by atoms with Crippen LogP contribution in [0.1, 0.15) is 29.3 Å². The van der Waals surface area contributed by atoms with Crippen LogP contribution in [0.3, 0.4) is 0 Å². The molecule has 2 aromatic rings. The number of urea groups is 2. The average Bonchev–Trinajstić information content (AvgIpc) is 3.38. The first-order valence-electron chi connectivity index (χ1n) is 10.7. The number of fused-ring (bicyclic) bond motifs is 1. The van der Waals surface area contributed by atoms with E-state index in [9.17, 15) is 27.8 Å². The number of para-hydroxylation sites is 1. The number of rotatable bonds is 6. The molecule has 0 aliphatic carbocycles. The SMILES string of the molecule is Cc1cccc2c1OB(O)[C@@H](CC(=O)C(NC(=O)N1CCN(S(C)(=O)=O)C1=O)c1csc(N)n1)C2. The Morgan fingerprint density at radius 3 is 2.77 bits per heavy atom. The molecule has 4 rings (SSSR count). The number of hydrogen-bond donors (Lipinski definition) is 3. The first-order valence-corrected chi connectivity index (χ1v) is 13.4. The second kappa shape index (κ2) is 9.47. The number of sulfonamides is 1. The fraction of sp³-hybridized carbons (Fsp3) is 0.400. The van der Waals surface area contributed by atoms with Crippen LogP contribution in [-0.2, 0) is 21.2 Å². The zero-order chi connectivity index (χ0) is 25.5. The van der Waals surface area contributed by atoms with Gasteiger partial charge in [0.15, 0.2) is 10.9 Å². The highest BCUT2D eigenvalue weighted by molar-refractivity contribution is 7.88. The number of anilines is 1. The number of hydrogen-bond acceptors (Lipinski definition) is 10. The van der Waals surface area contributed by atoms with Crippen LogP contribution in [0.2, 0.25) is 5.82 Å². The molecular formula is C20H24BN5O7S2. The van der Waals surface area contributed by atoms with E-state index in [1.165, 1.54) is 5.38 Å². The van der Waals surface area contributed by atoms with Crippen molar-refractivity contribution in [3.63, 3.8) is 0 Å². The number of amides is 4. The van der Waals surface area contributed by atoms with Gasteiger partial charge in [-0.3, -0.25) is 4.79 Å². The number of carbonyl (C=O) groups is 3. The maximum Gasteiger partial charge on any atom is 0.526 e. The number of aromatic nitrogens is 1. The summed E-state index contributed by atoms with van der Waals surface area (Å²) in [7, 11) is -5.07. The molecule has 35 heavy (non-hydrogen) atoms. The van der Waals surface area contributed by atoms with Gasteiger partial charge in [-0.2, -0.15) is 0 Å². The second-order valence-corrected chi connectivity index (χ2v) is 11.3. The zero-order valence-electron chi connectivity index (χ0n) is 19.0. The number of thiazole rings is 1. The fourth-order valence-electron chi connectivity index (χ4n) is 4.16. The van der Waals surface area contributed by atoms with Crippen LogP contribution in [0.15, 0.2) is 23.6 Å². The van der Waals surface area contributed by atoms with Gasteiger partial charge in [0.2, 0.25) is 10.0 Å². The molecule has 0 spiro atoms. The van der Waals surface area contributed by atoms with Gasteiger partial charge >= 0.3 is 19.2 Å². The van der Waals surface area contributed by atoms with Gasteiger partial charge in [-0.25, -0.2) is 32.2 Å². The Kier molecular flexibility index (Phi) is 6.75. The van der Waals surface area contributed by atoms with Gasteiger partial charge in [-0.05, 0) is 24.5 Å². The van der Waals surface area contributed by atoms with E-state index in [0.29, 0.717) is 21.4 Å². The van der Waals surface area contributed by atoms with Gasteiger partial charge in [0.1, 0.15) is 11.8 Å². The number of imide groups is 1. The van der Waals surface area contributed by atoms with Crippen molar-refractivity contribution in [2.45, 2.75) is 31.6 Å². The predicted octanol–water partition coefficient (Wildman–Crippen LogP) is 0.927. The Morgan fingerprint density at radius 1 is 1.40 bits per heavy atom. The van der Waals surface area contributed by atoms with E-state index in [2.05, 4.69) is 10.3 Å². The normalized spacial score (nSPS) is 18.8. The Balaban J connectivity index is 1.52. The molecule has 4 amide bonds. The molecule has 186 valence electrons. The number of nitrogens with zero attached hydrogens (tertiary/aromatic N) is 3. The number of nitrogen functional groups attached to an aromatic ring is 1. The first kappa shape index (κ1) is 24.9. The van der Waals surface area contributed by atoms with Crippen LogP contribution in [0.5, 0.6) is 5.75 Å². The number of benzene rings is 1. The number of carbonyl (C=O) groups excluding carboxylic acids is 3. The number of ketones is 1. The lowest BCUT2D eigenvalue weighted by Gasteiger charge is -2.29. The Morgan fingerprint density at radius 2 is 2.14 bits per heavy atom. The van der Waals surface area contributed by atoms with Crippen molar-refractivity contribution in [2.24, 2.45) is 0 Å². The van der Waals surface area contributed by atoms with Crippen molar-refractivity contribution < 1.29 is 32.5 Å². The van der Waals surface area contributed by atoms with E-state index in [1.54, 1.807) is 0 Å². The summed E-state index contributed by atoms with van der Waals surface area (Å²) in [5, 5.41) is 14.7. The Labute approximate surface area is 206 Å². The van der Waals surface area contributed by atoms with E-state index in [4.69, 9.17) is 10.4 Å². The lowest BCUT2D eigenvalue weighted by Crippen LogP contribution is -2.47. The summed E-state index contributed by atoms with van der Waals surface area (Å²) in [5.74, 6) is -0.468. The number of aryl methyl sites for hydroxylation is 1. The lowest BCUT2D eigenvalue weighted by molar-refractivity contribution is -0.121. The van der Waals surface area contributed by atoms with E-state index in [1.807, 2.05) is 25.1 Å². The van der Waals surface area contributed by atoms with Gasteiger partial charge in [-0.1, -0.05) is 18.2 Å². The van der Waals surface area contributed by atoms with Gasteiger partial charge in [-0.15, -0.1) is 11.3 Å². The standard InChI is InChI=1S/C20H24BN5O7S2/c1-11-4-3-5-12-8-13(21(30)33-17(11)12)9-15(27)16(14-10-34-18(22)23-14)24-19(28)25-6-7-26(20(25)29)35(2,31)32/h3-5,10,13,16,30H,6-9H2,1-2H3,(H2,22,23)(H,24,28)/t13-,16?/m1/s1. The van der Waals surface area contributed by atoms with Crippen LogP contribution in [0.4, 0.5) is 14.7 Å². The number of Topliss-reactive ketones (excluding diaryl/α,β-unsaturated/α-hetero) is 1. The van der Waals surface area contributed by atoms with E-state index < -0.39 is 46.8 Å². The fourth-order valence-corrected chi connectivity index (χ4v) is 5.54. The molecule has 2 atom stereocenters. The van der Waals surface area contributed by atoms with E-state index >= 15 is 0 Å². The second-order valence-electron chi connectivity index (χ2n) is 8.47. The third-order valence-electron chi connectivity index (χ3n) is 5.92. The molecule has 12 nitrogen and oxygen atoms in total. The maximum atomic E-state index is 13.3. The molecule has 3 heterocycles. The van der Waals surface area contributed by atoms with Crippen molar-refractivity contribution in [2.75, 3.05) is 25.1 Å². The highest BCUT2D eigenvalue weighted by atomic mass is 32.2. The third-order valence-corrected chi connectivity index (χ3v) is 7.75. The molecule has 1 aromatic carbocycles. The number of nitrogens with one attached hydrogen (secondary N) is 1. The molecular weight excluding hydrogens is 497 g/mol. The molecule has 4 N–H and O–H groups in total. The van der Waals surface area contributed by atoms with E-state index in [-0.39, 0.29) is 30.3 Å². The summed E-state index contributed by atoms with van der Waals surface area (Å²) in [6.07, 6.45) is 1.10. The predicted molar refractivity (Wildman–Crippen MR) is 128 cm³/mol. The highest BCUT2D eigenvalue weighted by Crippen LogP contribution is 2.37. The van der Waals surface area contributed by atoms with Crippen molar-refractivity contribution in [1.82, 2.24) is 19.5 Å². The Bertz CT molecular complexity index is 1280. The van der Waals surface area contributed by atoms with Gasteiger partial charge in [0.05, 0.1) is 25.0 Å². The molecule has 15 heteroatoms. The molecule has 0 radical (unpaired) electrons. The topological polar surface area (TPSA) is 172 Å². The summed E-state index contributed by atoms with van der Waals surface area (Å²) in [5.41, 5.74) is 7.62. The molecule has 1 aromatic heterocycles. The van der Waals surface area contributed by atoms with Crippen LogP contribution < -0.4 is 15.7 Å². The van der Waals surface area contributed by atoms with Crippen LogP contribution in [-0.4, -0.2) is 71.9 Å². The minimum Gasteiger partial charge on any atom is -0.536 e. The quantitative estimate of drug-likeness (QED) is 0.468. The molecule has 0 saturated carbocycles. The summed E-state index contributed by atoms with van der Waals surface area (Å²) in [6.45, 7) is 1.51. The maximum absolute atomic E-state index is 13.3. The van der Waals surface area contributed by atoms with Crippen molar-refractivity contribution in [1.29, 1.82) is 0 Å². The molecule has 1 fully saturated rings. The van der Waals surface area contributed by atoms with Gasteiger partial charge in [0.25, 0.3) is 0 Å². The van der Waals surface area contributed by atoms with Crippen molar-refractivity contribution in [3.05, 3.63) is 40.4 Å².